The summed E-state index contributed by atoms with van der Waals surface area (Å²) in [4.78, 5) is 21.2. The predicted octanol–water partition coefficient (Wildman–Crippen LogP) is 3.59. The van der Waals surface area contributed by atoms with E-state index >= 15 is 0 Å². The lowest BCUT2D eigenvalue weighted by Gasteiger charge is -2.04. The molecule has 1 fully saturated rings. The molecule has 0 saturated carbocycles. The Bertz CT molecular complexity index is 782. The number of nitrogens with zero attached hydrogens (tertiary/aromatic N) is 2. The third-order valence-corrected chi connectivity index (χ3v) is 4.34. The van der Waals surface area contributed by atoms with E-state index in [9.17, 15) is 4.79 Å². The van der Waals surface area contributed by atoms with Crippen molar-refractivity contribution in [1.29, 1.82) is 0 Å². The molecule has 0 radical (unpaired) electrons. The molecule has 2 heterocycles. The van der Waals surface area contributed by atoms with Crippen LogP contribution in [0, 0.1) is 13.8 Å². The van der Waals surface area contributed by atoms with Crippen LogP contribution in [0.15, 0.2) is 52.6 Å². The van der Waals surface area contributed by atoms with E-state index in [4.69, 9.17) is 0 Å². The van der Waals surface area contributed by atoms with Crippen molar-refractivity contribution in [3.63, 3.8) is 0 Å². The van der Waals surface area contributed by atoms with Gasteiger partial charge in [0.15, 0.2) is 5.17 Å². The van der Waals surface area contributed by atoms with Crippen molar-refractivity contribution in [2.45, 2.75) is 13.8 Å². The number of benzene rings is 1. The van der Waals surface area contributed by atoms with Gasteiger partial charge in [-0.3, -0.25) is 9.78 Å². The lowest BCUT2D eigenvalue weighted by atomic mass is 10.1. The van der Waals surface area contributed by atoms with Crippen LogP contribution in [0.3, 0.4) is 0 Å². The van der Waals surface area contributed by atoms with Crippen LogP contribution >= 0.6 is 11.8 Å². The van der Waals surface area contributed by atoms with E-state index in [1.165, 1.54) is 17.3 Å². The predicted molar refractivity (Wildman–Crippen MR) is 91.0 cm³/mol. The lowest BCUT2D eigenvalue weighted by Crippen LogP contribution is -2.19. The Labute approximate surface area is 133 Å². The van der Waals surface area contributed by atoms with Gasteiger partial charge in [0, 0.05) is 12.4 Å². The summed E-state index contributed by atoms with van der Waals surface area (Å²) >= 11 is 1.35. The summed E-state index contributed by atoms with van der Waals surface area (Å²) in [6.07, 6.45) is 5.25. The van der Waals surface area contributed by atoms with Gasteiger partial charge in [0.1, 0.15) is 0 Å². The number of aliphatic imine (C=N–C) groups is 1. The van der Waals surface area contributed by atoms with Crippen LogP contribution in [0.1, 0.15) is 16.7 Å². The third-order valence-electron chi connectivity index (χ3n) is 3.43. The number of amides is 1. The Morgan fingerprint density at radius 1 is 1.23 bits per heavy atom. The van der Waals surface area contributed by atoms with Gasteiger partial charge in [-0.15, -0.1) is 0 Å². The molecule has 0 unspecified atom stereocenters. The SMILES string of the molecule is Cc1cccc(N=C2NC(=O)/C(=C\c3cccnc3)S2)c1C. The molecule has 0 bridgehead atoms. The number of amidine groups is 1. The molecule has 1 saturated heterocycles. The van der Waals surface area contributed by atoms with Crippen molar-refractivity contribution in [2.75, 3.05) is 0 Å². The van der Waals surface area contributed by atoms with Gasteiger partial charge in [0.2, 0.25) is 0 Å². The largest absolute Gasteiger partial charge is 0.300 e. The molecule has 0 spiro atoms. The minimum absolute atomic E-state index is 0.127. The highest BCUT2D eigenvalue weighted by atomic mass is 32.2. The Morgan fingerprint density at radius 3 is 2.86 bits per heavy atom. The number of pyridine rings is 1. The zero-order chi connectivity index (χ0) is 15.5. The Balaban J connectivity index is 1.87. The topological polar surface area (TPSA) is 54.4 Å². The maximum absolute atomic E-state index is 12.0. The maximum atomic E-state index is 12.0. The first-order valence-corrected chi connectivity index (χ1v) is 7.71. The first kappa shape index (κ1) is 14.5. The molecule has 1 amide bonds. The monoisotopic (exact) mass is 309 g/mol. The summed E-state index contributed by atoms with van der Waals surface area (Å²) < 4.78 is 0. The van der Waals surface area contributed by atoms with Crippen molar-refractivity contribution < 1.29 is 4.79 Å². The fourth-order valence-electron chi connectivity index (χ4n) is 2.06. The number of hydrogen-bond acceptors (Lipinski definition) is 4. The van der Waals surface area contributed by atoms with E-state index < -0.39 is 0 Å². The second-order valence-electron chi connectivity index (χ2n) is 4.99. The van der Waals surface area contributed by atoms with Crippen molar-refractivity contribution in [1.82, 2.24) is 10.3 Å². The van der Waals surface area contributed by atoms with Crippen molar-refractivity contribution in [3.05, 3.63) is 64.3 Å². The zero-order valence-electron chi connectivity index (χ0n) is 12.3. The first-order valence-electron chi connectivity index (χ1n) is 6.89. The number of aromatic nitrogens is 1. The molecular weight excluding hydrogens is 294 g/mol. The maximum Gasteiger partial charge on any atom is 0.264 e. The molecule has 4 nitrogen and oxygen atoms in total. The number of thioether (sulfide) groups is 1. The van der Waals surface area contributed by atoms with Gasteiger partial charge in [0.05, 0.1) is 10.6 Å². The van der Waals surface area contributed by atoms with Crippen molar-refractivity contribution in [3.8, 4) is 0 Å². The van der Waals surface area contributed by atoms with Crippen LogP contribution in [0.4, 0.5) is 5.69 Å². The van der Waals surface area contributed by atoms with Gasteiger partial charge in [-0.2, -0.15) is 0 Å². The van der Waals surface area contributed by atoms with Gasteiger partial charge < -0.3 is 5.32 Å². The summed E-state index contributed by atoms with van der Waals surface area (Å²) in [6.45, 7) is 4.08. The molecule has 1 aromatic heterocycles. The average Bonchev–Trinajstić information content (AvgIpc) is 2.85. The molecule has 1 aliphatic heterocycles. The van der Waals surface area contributed by atoms with Crippen LogP contribution in [0.25, 0.3) is 6.08 Å². The van der Waals surface area contributed by atoms with Crippen LogP contribution in [0.2, 0.25) is 0 Å². The normalized spacial score (nSPS) is 18.0. The smallest absolute Gasteiger partial charge is 0.264 e. The zero-order valence-corrected chi connectivity index (χ0v) is 13.1. The fourth-order valence-corrected chi connectivity index (χ4v) is 2.89. The molecule has 5 heteroatoms. The van der Waals surface area contributed by atoms with E-state index in [1.807, 2.05) is 50.3 Å². The highest BCUT2D eigenvalue weighted by molar-refractivity contribution is 8.18. The molecule has 1 aromatic carbocycles. The summed E-state index contributed by atoms with van der Waals surface area (Å²) in [6, 6.07) is 9.72. The Hall–Kier alpha value is -2.40. The van der Waals surface area contributed by atoms with E-state index in [1.54, 1.807) is 12.4 Å². The number of aryl methyl sites for hydroxylation is 1. The molecule has 110 valence electrons. The molecular formula is C17H15N3OS. The van der Waals surface area contributed by atoms with Gasteiger partial charge in [0.25, 0.3) is 5.91 Å². The number of carbonyl (C=O) groups is 1. The fraction of sp³-hybridized carbons (Fsp3) is 0.118. The molecule has 0 aliphatic carbocycles. The molecule has 1 aliphatic rings. The number of nitrogens with one attached hydrogen (secondary N) is 1. The average molecular weight is 309 g/mol. The lowest BCUT2D eigenvalue weighted by molar-refractivity contribution is -0.115. The van der Waals surface area contributed by atoms with E-state index in [-0.39, 0.29) is 5.91 Å². The molecule has 2 aromatic rings. The summed E-state index contributed by atoms with van der Waals surface area (Å²) in [7, 11) is 0. The Kier molecular flexibility index (Phi) is 4.06. The highest BCUT2D eigenvalue weighted by Gasteiger charge is 2.23. The molecule has 3 rings (SSSR count). The summed E-state index contributed by atoms with van der Waals surface area (Å²) in [5.41, 5.74) is 4.08. The molecule has 22 heavy (non-hydrogen) atoms. The third kappa shape index (κ3) is 3.09. The van der Waals surface area contributed by atoms with Crippen LogP contribution < -0.4 is 5.32 Å². The van der Waals surface area contributed by atoms with Gasteiger partial charge in [-0.25, -0.2) is 4.99 Å². The van der Waals surface area contributed by atoms with E-state index in [0.29, 0.717) is 10.1 Å². The van der Waals surface area contributed by atoms with E-state index in [2.05, 4.69) is 15.3 Å². The van der Waals surface area contributed by atoms with E-state index in [0.717, 1.165) is 16.8 Å². The van der Waals surface area contributed by atoms with Crippen LogP contribution in [0.5, 0.6) is 0 Å². The second-order valence-corrected chi connectivity index (χ2v) is 6.02. The minimum atomic E-state index is -0.127. The number of hydrogen-bond donors (Lipinski definition) is 1. The van der Waals surface area contributed by atoms with Crippen molar-refractivity contribution >= 4 is 34.6 Å². The van der Waals surface area contributed by atoms with Crippen molar-refractivity contribution in [2.24, 2.45) is 4.99 Å². The number of carbonyl (C=O) groups excluding carboxylic acids is 1. The van der Waals surface area contributed by atoms with Crippen LogP contribution in [-0.2, 0) is 4.79 Å². The molecule has 1 N–H and O–H groups in total. The highest BCUT2D eigenvalue weighted by Crippen LogP contribution is 2.29. The molecule has 0 atom stereocenters. The first-order chi connectivity index (χ1) is 10.6. The minimum Gasteiger partial charge on any atom is -0.300 e. The quantitative estimate of drug-likeness (QED) is 0.863. The van der Waals surface area contributed by atoms with Gasteiger partial charge >= 0.3 is 0 Å². The summed E-state index contributed by atoms with van der Waals surface area (Å²) in [5, 5.41) is 3.41. The second kappa shape index (κ2) is 6.15. The van der Waals surface area contributed by atoms with Crippen LogP contribution in [-0.4, -0.2) is 16.1 Å². The van der Waals surface area contributed by atoms with Gasteiger partial charge in [-0.1, -0.05) is 18.2 Å². The van der Waals surface area contributed by atoms with Gasteiger partial charge in [-0.05, 0) is 60.5 Å². The summed E-state index contributed by atoms with van der Waals surface area (Å²) in [5.74, 6) is -0.127. The standard InChI is InChI=1S/C17H15N3OS/c1-11-5-3-7-14(12(11)2)19-17-20-16(21)15(22-17)9-13-6-4-8-18-10-13/h3-10H,1-2H3,(H,19,20,21)/b15-9+. The number of rotatable bonds is 2. The Morgan fingerprint density at radius 2 is 2.09 bits per heavy atom.